The molecule has 9 nitrogen and oxygen atoms in total. The maximum atomic E-state index is 13.2. The topological polar surface area (TPSA) is 117 Å². The second-order valence-corrected chi connectivity index (χ2v) is 10.4. The number of hydrogen-bond donors (Lipinski definition) is 3. The summed E-state index contributed by atoms with van der Waals surface area (Å²) in [4.78, 5) is 43.6. The molecule has 2 aliphatic rings. The Morgan fingerprint density at radius 2 is 1.48 bits per heavy atom. The summed E-state index contributed by atoms with van der Waals surface area (Å²) in [5.41, 5.74) is 7.06. The van der Waals surface area contributed by atoms with Crippen molar-refractivity contribution in [2.75, 3.05) is 26.3 Å². The Morgan fingerprint density at radius 3 is 2.10 bits per heavy atom. The van der Waals surface area contributed by atoms with E-state index in [1.807, 2.05) is 42.5 Å². The van der Waals surface area contributed by atoms with Gasteiger partial charge in [0, 0.05) is 25.6 Å². The molecule has 0 atom stereocenters. The molecule has 1 heterocycles. The maximum Gasteiger partial charge on any atom is 0.407 e. The van der Waals surface area contributed by atoms with Crippen molar-refractivity contribution in [3.8, 4) is 11.1 Å². The van der Waals surface area contributed by atoms with E-state index in [1.165, 1.54) is 5.56 Å². The molecule has 3 N–H and O–H groups in total. The summed E-state index contributed by atoms with van der Waals surface area (Å²) in [5.74, 6) is -1.77. The second kappa shape index (κ2) is 12.3. The SMILES string of the molecule is O=C(O)CONC(=O)CC1(NC(=O)OCC2c3ccccc3-c3ccccc32)CCN(Cc2ccccc2)CC1. The molecule has 9 heteroatoms. The van der Waals surface area contributed by atoms with Crippen LogP contribution in [0.4, 0.5) is 4.79 Å². The Hall–Kier alpha value is -4.21. The summed E-state index contributed by atoms with van der Waals surface area (Å²) in [6.07, 6.45) is 0.403. The smallest absolute Gasteiger partial charge is 0.407 e. The van der Waals surface area contributed by atoms with Gasteiger partial charge in [0.1, 0.15) is 6.61 Å². The number of carbonyl (C=O) groups is 3. The van der Waals surface area contributed by atoms with E-state index < -0.39 is 30.1 Å². The van der Waals surface area contributed by atoms with Crippen LogP contribution in [0.2, 0.25) is 0 Å². The molecule has 1 fully saturated rings. The Morgan fingerprint density at radius 1 is 0.875 bits per heavy atom. The van der Waals surface area contributed by atoms with Crippen LogP contribution in [0, 0.1) is 0 Å². The lowest BCUT2D eigenvalue weighted by Gasteiger charge is -2.41. The molecular weight excluding hydrogens is 510 g/mol. The minimum Gasteiger partial charge on any atom is -0.479 e. The number of carboxylic acid groups (broad SMARTS) is 1. The highest BCUT2D eigenvalue weighted by atomic mass is 16.7. The summed E-state index contributed by atoms with van der Waals surface area (Å²) >= 11 is 0. The molecule has 5 rings (SSSR count). The van der Waals surface area contributed by atoms with Gasteiger partial charge in [-0.05, 0) is 40.7 Å². The first kappa shape index (κ1) is 27.4. The third-order valence-corrected chi connectivity index (χ3v) is 7.65. The van der Waals surface area contributed by atoms with Gasteiger partial charge in [0.25, 0.3) is 0 Å². The number of nitrogens with one attached hydrogen (secondary N) is 2. The maximum absolute atomic E-state index is 13.2. The van der Waals surface area contributed by atoms with Crippen LogP contribution < -0.4 is 10.8 Å². The number of hydroxylamine groups is 1. The molecule has 1 aliphatic heterocycles. The van der Waals surface area contributed by atoms with Gasteiger partial charge in [-0.15, -0.1) is 0 Å². The van der Waals surface area contributed by atoms with Crippen LogP contribution in [-0.4, -0.2) is 59.8 Å². The number of alkyl carbamates (subject to hydrolysis) is 1. The van der Waals surface area contributed by atoms with E-state index in [0.29, 0.717) is 25.9 Å². The largest absolute Gasteiger partial charge is 0.479 e. The third kappa shape index (κ3) is 6.50. The first-order chi connectivity index (χ1) is 19.4. The van der Waals surface area contributed by atoms with Gasteiger partial charge < -0.3 is 15.2 Å². The van der Waals surface area contributed by atoms with Gasteiger partial charge in [-0.3, -0.25) is 14.5 Å². The Labute approximate surface area is 233 Å². The van der Waals surface area contributed by atoms with Crippen LogP contribution in [0.5, 0.6) is 0 Å². The number of carbonyl (C=O) groups excluding carboxylic acids is 2. The number of piperidine rings is 1. The van der Waals surface area contributed by atoms with Crippen LogP contribution in [0.1, 0.15) is 41.9 Å². The highest BCUT2D eigenvalue weighted by molar-refractivity contribution is 5.80. The monoisotopic (exact) mass is 543 g/mol. The lowest BCUT2D eigenvalue weighted by atomic mass is 9.84. The van der Waals surface area contributed by atoms with Crippen molar-refractivity contribution in [3.05, 3.63) is 95.6 Å². The number of fused-ring (bicyclic) bond motifs is 3. The number of rotatable bonds is 10. The fraction of sp³-hybridized carbons (Fsp3) is 0.323. The van der Waals surface area contributed by atoms with E-state index in [9.17, 15) is 14.4 Å². The van der Waals surface area contributed by atoms with E-state index >= 15 is 0 Å². The number of likely N-dealkylation sites (tertiary alicyclic amines) is 1. The Kier molecular flexibility index (Phi) is 8.42. The molecular formula is C31H33N3O6. The number of carboxylic acids is 1. The summed E-state index contributed by atoms with van der Waals surface area (Å²) in [6, 6.07) is 26.4. The number of hydrogen-bond acceptors (Lipinski definition) is 6. The second-order valence-electron chi connectivity index (χ2n) is 10.4. The first-order valence-electron chi connectivity index (χ1n) is 13.4. The number of amides is 2. The molecule has 0 unspecified atom stereocenters. The fourth-order valence-electron chi connectivity index (χ4n) is 5.70. The molecule has 0 radical (unpaired) electrons. The van der Waals surface area contributed by atoms with Crippen molar-refractivity contribution >= 4 is 18.0 Å². The van der Waals surface area contributed by atoms with Gasteiger partial charge in [0.15, 0.2) is 6.61 Å². The molecule has 0 aromatic heterocycles. The van der Waals surface area contributed by atoms with E-state index in [2.05, 4.69) is 52.1 Å². The minimum atomic E-state index is -1.19. The fourth-order valence-corrected chi connectivity index (χ4v) is 5.70. The lowest BCUT2D eigenvalue weighted by Crippen LogP contribution is -2.57. The zero-order valence-corrected chi connectivity index (χ0v) is 22.2. The van der Waals surface area contributed by atoms with Gasteiger partial charge >= 0.3 is 12.1 Å². The van der Waals surface area contributed by atoms with Crippen molar-refractivity contribution in [1.82, 2.24) is 15.7 Å². The lowest BCUT2D eigenvalue weighted by molar-refractivity contribution is -0.149. The summed E-state index contributed by atoms with van der Waals surface area (Å²) in [7, 11) is 0. The highest BCUT2D eigenvalue weighted by Crippen LogP contribution is 2.44. The van der Waals surface area contributed by atoms with Crippen molar-refractivity contribution in [1.29, 1.82) is 0 Å². The van der Waals surface area contributed by atoms with E-state index in [0.717, 1.165) is 28.8 Å². The zero-order chi connectivity index (χ0) is 28.0. The zero-order valence-electron chi connectivity index (χ0n) is 22.2. The number of benzene rings is 3. The van der Waals surface area contributed by atoms with Gasteiger partial charge in [-0.1, -0.05) is 78.9 Å². The van der Waals surface area contributed by atoms with Gasteiger partial charge in [-0.25, -0.2) is 15.1 Å². The van der Waals surface area contributed by atoms with Crippen molar-refractivity contribution < 1.29 is 29.1 Å². The van der Waals surface area contributed by atoms with E-state index in [1.54, 1.807) is 0 Å². The first-order valence-corrected chi connectivity index (χ1v) is 13.4. The van der Waals surface area contributed by atoms with Crippen molar-refractivity contribution in [2.45, 2.75) is 37.3 Å². The van der Waals surface area contributed by atoms with Crippen LogP contribution in [-0.2, 0) is 25.7 Å². The van der Waals surface area contributed by atoms with Crippen molar-refractivity contribution in [3.63, 3.8) is 0 Å². The normalized spacial score (nSPS) is 16.0. The molecule has 0 bridgehead atoms. The molecule has 3 aromatic carbocycles. The molecule has 1 aliphatic carbocycles. The number of ether oxygens (including phenoxy) is 1. The van der Waals surface area contributed by atoms with Crippen LogP contribution in [0.3, 0.4) is 0 Å². The van der Waals surface area contributed by atoms with Gasteiger partial charge in [0.05, 0.1) is 12.0 Å². The molecule has 3 aromatic rings. The van der Waals surface area contributed by atoms with Crippen LogP contribution in [0.15, 0.2) is 78.9 Å². The average Bonchev–Trinajstić information content (AvgIpc) is 3.27. The van der Waals surface area contributed by atoms with Crippen LogP contribution in [0.25, 0.3) is 11.1 Å². The molecule has 1 saturated heterocycles. The molecule has 40 heavy (non-hydrogen) atoms. The van der Waals surface area contributed by atoms with Crippen molar-refractivity contribution in [2.24, 2.45) is 0 Å². The average molecular weight is 544 g/mol. The molecule has 208 valence electrons. The van der Waals surface area contributed by atoms with E-state index in [4.69, 9.17) is 14.7 Å². The predicted octanol–water partition coefficient (Wildman–Crippen LogP) is 4.08. The molecule has 0 spiro atoms. The highest BCUT2D eigenvalue weighted by Gasteiger charge is 2.39. The predicted molar refractivity (Wildman–Crippen MR) is 148 cm³/mol. The number of aliphatic carboxylic acids is 1. The quantitative estimate of drug-likeness (QED) is 0.330. The summed E-state index contributed by atoms with van der Waals surface area (Å²) in [5, 5.41) is 11.8. The van der Waals surface area contributed by atoms with E-state index in [-0.39, 0.29) is 18.9 Å². The molecule has 0 saturated carbocycles. The third-order valence-electron chi connectivity index (χ3n) is 7.65. The van der Waals surface area contributed by atoms with Gasteiger partial charge in [0.2, 0.25) is 5.91 Å². The van der Waals surface area contributed by atoms with Gasteiger partial charge in [-0.2, -0.15) is 0 Å². The minimum absolute atomic E-state index is 0.0595. The Bertz CT molecular complexity index is 1310. The standard InChI is InChI=1S/C31H33N3O6/c35-28(33-40-21-29(36)37)18-31(14-16-34(17-15-31)19-22-8-2-1-3-9-22)32-30(38)39-20-27-25-12-6-4-10-23(25)24-11-5-7-13-26(24)27/h1-13,27H,14-21H2,(H,32,38)(H,33,35)(H,36,37). The number of nitrogens with zero attached hydrogens (tertiary/aromatic N) is 1. The summed E-state index contributed by atoms with van der Waals surface area (Å²) in [6.45, 7) is 1.63. The Balaban J connectivity index is 1.24. The van der Waals surface area contributed by atoms with Crippen LogP contribution >= 0.6 is 0 Å². The summed E-state index contributed by atoms with van der Waals surface area (Å²) < 4.78 is 5.78. The molecule has 2 amide bonds.